The molecule has 4 heteroatoms. The molecule has 0 bridgehead atoms. The van der Waals surface area contributed by atoms with E-state index in [2.05, 4.69) is 22.5 Å². The van der Waals surface area contributed by atoms with E-state index in [0.717, 1.165) is 24.2 Å². The van der Waals surface area contributed by atoms with Gasteiger partial charge in [0.25, 0.3) is 5.91 Å². The molecule has 0 saturated heterocycles. The molecule has 0 fully saturated rings. The number of benzene rings is 1. The van der Waals surface area contributed by atoms with Crippen molar-refractivity contribution in [3.8, 4) is 0 Å². The molecule has 2 N–H and O–H groups in total. The van der Waals surface area contributed by atoms with Gasteiger partial charge in [-0.25, -0.2) is 0 Å². The maximum Gasteiger partial charge on any atom is 0.252 e. The van der Waals surface area contributed by atoms with Crippen LogP contribution in [0.15, 0.2) is 42.7 Å². The van der Waals surface area contributed by atoms with Crippen LogP contribution in [0.1, 0.15) is 35.7 Å². The monoisotopic (exact) mass is 283 g/mol. The van der Waals surface area contributed by atoms with Gasteiger partial charge >= 0.3 is 0 Å². The minimum atomic E-state index is -0.0801. The highest BCUT2D eigenvalue weighted by Gasteiger charge is 2.06. The molecule has 1 heterocycles. The maximum atomic E-state index is 12.0. The summed E-state index contributed by atoms with van der Waals surface area (Å²) >= 11 is 0. The number of anilines is 2. The molecule has 21 heavy (non-hydrogen) atoms. The van der Waals surface area contributed by atoms with Crippen LogP contribution in [0.5, 0.6) is 0 Å². The average Bonchev–Trinajstić information content (AvgIpc) is 2.50. The van der Waals surface area contributed by atoms with Crippen molar-refractivity contribution in [2.24, 2.45) is 0 Å². The van der Waals surface area contributed by atoms with Crippen LogP contribution in [0.2, 0.25) is 0 Å². The van der Waals surface area contributed by atoms with Gasteiger partial charge in [-0.3, -0.25) is 9.78 Å². The van der Waals surface area contributed by atoms with E-state index >= 15 is 0 Å². The third-order valence-electron chi connectivity index (χ3n) is 3.16. The molecule has 2 rings (SSSR count). The maximum absolute atomic E-state index is 12.0. The number of rotatable bonds is 6. The van der Waals surface area contributed by atoms with E-state index < -0.39 is 0 Å². The second-order valence-electron chi connectivity index (χ2n) is 5.06. The van der Waals surface area contributed by atoms with Gasteiger partial charge in [-0.15, -0.1) is 0 Å². The Morgan fingerprint density at radius 3 is 2.62 bits per heavy atom. The van der Waals surface area contributed by atoms with E-state index in [-0.39, 0.29) is 5.91 Å². The van der Waals surface area contributed by atoms with Crippen molar-refractivity contribution in [1.82, 2.24) is 10.3 Å². The van der Waals surface area contributed by atoms with E-state index in [1.807, 2.05) is 37.3 Å². The highest BCUT2D eigenvalue weighted by Crippen LogP contribution is 2.17. The topological polar surface area (TPSA) is 54.0 Å². The molecule has 0 aliphatic rings. The fourth-order valence-corrected chi connectivity index (χ4v) is 1.92. The number of pyridine rings is 1. The van der Waals surface area contributed by atoms with Crippen molar-refractivity contribution < 1.29 is 4.79 Å². The Bertz CT molecular complexity index is 593. The summed E-state index contributed by atoms with van der Waals surface area (Å²) in [4.78, 5) is 16.1. The van der Waals surface area contributed by atoms with Gasteiger partial charge in [0.1, 0.15) is 0 Å². The van der Waals surface area contributed by atoms with Crippen LogP contribution in [-0.4, -0.2) is 17.4 Å². The summed E-state index contributed by atoms with van der Waals surface area (Å²) < 4.78 is 0. The van der Waals surface area contributed by atoms with E-state index in [0.29, 0.717) is 12.1 Å². The number of aromatic nitrogens is 1. The SMILES string of the molecule is CCCCNC(=O)c1cncc(Nc2ccc(C)cc2)c1. The summed E-state index contributed by atoms with van der Waals surface area (Å²) in [7, 11) is 0. The number of unbranched alkanes of at least 4 members (excludes halogenated alkanes) is 1. The fourth-order valence-electron chi connectivity index (χ4n) is 1.92. The van der Waals surface area contributed by atoms with Crippen LogP contribution in [0.4, 0.5) is 11.4 Å². The zero-order chi connectivity index (χ0) is 15.1. The van der Waals surface area contributed by atoms with Crippen molar-refractivity contribution in [1.29, 1.82) is 0 Å². The van der Waals surface area contributed by atoms with Crippen molar-refractivity contribution >= 4 is 17.3 Å². The zero-order valence-electron chi connectivity index (χ0n) is 12.5. The zero-order valence-corrected chi connectivity index (χ0v) is 12.5. The highest BCUT2D eigenvalue weighted by molar-refractivity contribution is 5.94. The summed E-state index contributed by atoms with van der Waals surface area (Å²) in [6.07, 6.45) is 5.35. The van der Waals surface area contributed by atoms with Crippen LogP contribution in [0.3, 0.4) is 0 Å². The standard InChI is InChI=1S/C17H21N3O/c1-3-4-9-19-17(21)14-10-16(12-18-11-14)20-15-7-5-13(2)6-8-15/h5-8,10-12,20H,3-4,9H2,1-2H3,(H,19,21). The van der Waals surface area contributed by atoms with Gasteiger partial charge < -0.3 is 10.6 Å². The van der Waals surface area contributed by atoms with Gasteiger partial charge in [0, 0.05) is 18.4 Å². The lowest BCUT2D eigenvalue weighted by atomic mass is 10.2. The molecule has 0 atom stereocenters. The van der Waals surface area contributed by atoms with Crippen molar-refractivity contribution in [2.45, 2.75) is 26.7 Å². The second-order valence-corrected chi connectivity index (χ2v) is 5.06. The molecular weight excluding hydrogens is 262 g/mol. The lowest BCUT2D eigenvalue weighted by molar-refractivity contribution is 0.0953. The first-order valence-electron chi connectivity index (χ1n) is 7.26. The van der Waals surface area contributed by atoms with Crippen LogP contribution in [0, 0.1) is 6.92 Å². The summed E-state index contributed by atoms with van der Waals surface area (Å²) in [6, 6.07) is 9.90. The molecule has 0 spiro atoms. The Kier molecular flexibility index (Phi) is 5.32. The van der Waals surface area contributed by atoms with Gasteiger partial charge in [0.2, 0.25) is 0 Å². The molecule has 1 aromatic carbocycles. The number of nitrogens with zero attached hydrogens (tertiary/aromatic N) is 1. The normalized spacial score (nSPS) is 10.2. The van der Waals surface area contributed by atoms with Crippen LogP contribution in [0.25, 0.3) is 0 Å². The average molecular weight is 283 g/mol. The molecule has 4 nitrogen and oxygen atoms in total. The molecule has 1 amide bonds. The van der Waals surface area contributed by atoms with E-state index in [1.54, 1.807) is 12.4 Å². The van der Waals surface area contributed by atoms with Gasteiger partial charge in [-0.1, -0.05) is 31.0 Å². The molecule has 0 aliphatic carbocycles. The Balaban J connectivity index is 2.03. The molecule has 0 saturated carbocycles. The lowest BCUT2D eigenvalue weighted by Crippen LogP contribution is -2.24. The minimum absolute atomic E-state index is 0.0801. The van der Waals surface area contributed by atoms with E-state index in [9.17, 15) is 4.79 Å². The molecule has 2 aromatic rings. The first-order chi connectivity index (χ1) is 10.2. The highest BCUT2D eigenvalue weighted by atomic mass is 16.1. The first kappa shape index (κ1) is 15.0. The minimum Gasteiger partial charge on any atom is -0.354 e. The number of hydrogen-bond donors (Lipinski definition) is 2. The van der Waals surface area contributed by atoms with Gasteiger partial charge in [-0.2, -0.15) is 0 Å². The summed E-state index contributed by atoms with van der Waals surface area (Å²) in [5, 5.41) is 6.14. The summed E-state index contributed by atoms with van der Waals surface area (Å²) in [5.74, 6) is -0.0801. The van der Waals surface area contributed by atoms with Crippen LogP contribution < -0.4 is 10.6 Å². The third-order valence-corrected chi connectivity index (χ3v) is 3.16. The molecule has 0 unspecified atom stereocenters. The van der Waals surface area contributed by atoms with E-state index in [4.69, 9.17) is 0 Å². The van der Waals surface area contributed by atoms with E-state index in [1.165, 1.54) is 5.56 Å². The molecule has 0 aliphatic heterocycles. The molecule has 1 aromatic heterocycles. The Morgan fingerprint density at radius 2 is 1.90 bits per heavy atom. The third kappa shape index (κ3) is 4.60. The lowest BCUT2D eigenvalue weighted by Gasteiger charge is -2.08. The number of carbonyl (C=O) groups is 1. The first-order valence-corrected chi connectivity index (χ1v) is 7.26. The fraction of sp³-hybridized carbons (Fsp3) is 0.294. The quantitative estimate of drug-likeness (QED) is 0.795. The summed E-state index contributed by atoms with van der Waals surface area (Å²) in [5.41, 5.74) is 3.57. The summed E-state index contributed by atoms with van der Waals surface area (Å²) in [6.45, 7) is 4.84. The molecule has 110 valence electrons. The van der Waals surface area contributed by atoms with Crippen LogP contribution in [-0.2, 0) is 0 Å². The van der Waals surface area contributed by atoms with Crippen molar-refractivity contribution in [3.63, 3.8) is 0 Å². The molecule has 0 radical (unpaired) electrons. The number of aryl methyl sites for hydroxylation is 1. The number of carbonyl (C=O) groups excluding carboxylic acids is 1. The Hall–Kier alpha value is -2.36. The molecular formula is C17H21N3O. The second kappa shape index (κ2) is 7.43. The number of hydrogen-bond acceptors (Lipinski definition) is 3. The Morgan fingerprint density at radius 1 is 1.14 bits per heavy atom. The van der Waals surface area contributed by atoms with Gasteiger partial charge in [-0.05, 0) is 31.5 Å². The van der Waals surface area contributed by atoms with Crippen molar-refractivity contribution in [2.75, 3.05) is 11.9 Å². The van der Waals surface area contributed by atoms with Gasteiger partial charge in [0.15, 0.2) is 0 Å². The number of amides is 1. The predicted octanol–water partition coefficient (Wildman–Crippen LogP) is 3.66. The predicted molar refractivity (Wildman–Crippen MR) is 85.9 cm³/mol. The number of nitrogens with one attached hydrogen (secondary N) is 2. The smallest absolute Gasteiger partial charge is 0.252 e. The Labute approximate surface area is 125 Å². The largest absolute Gasteiger partial charge is 0.354 e. The van der Waals surface area contributed by atoms with Gasteiger partial charge in [0.05, 0.1) is 17.4 Å². The van der Waals surface area contributed by atoms with Crippen molar-refractivity contribution in [3.05, 3.63) is 53.9 Å². The van der Waals surface area contributed by atoms with Crippen LogP contribution >= 0.6 is 0 Å².